The van der Waals surface area contributed by atoms with Gasteiger partial charge >= 0.3 is 0 Å². The number of nitrogens with one attached hydrogen (secondary N) is 1. The number of methoxy groups -OCH3 is 1. The van der Waals surface area contributed by atoms with Gasteiger partial charge in [0.1, 0.15) is 0 Å². The Morgan fingerprint density at radius 1 is 1.56 bits per heavy atom. The molecule has 1 heterocycles. The highest BCUT2D eigenvalue weighted by Crippen LogP contribution is 2.30. The second-order valence-electron chi connectivity index (χ2n) is 4.58. The Bertz CT molecular complexity index is 391. The standard InChI is InChI=1S/C14H20FNO2/c1-16-12(9-10-5-4-8-18-10)11-6-3-7-13(17-2)14(11)15/h3,6-7,10,12,16H,4-5,8-9H2,1-2H3. The Morgan fingerprint density at radius 3 is 3.00 bits per heavy atom. The van der Waals surface area contributed by atoms with Gasteiger partial charge in [0.2, 0.25) is 0 Å². The quantitative estimate of drug-likeness (QED) is 0.875. The summed E-state index contributed by atoms with van der Waals surface area (Å²) in [7, 11) is 3.33. The van der Waals surface area contributed by atoms with Crippen LogP contribution in [0.25, 0.3) is 0 Å². The van der Waals surface area contributed by atoms with E-state index < -0.39 is 0 Å². The lowest BCUT2D eigenvalue weighted by molar-refractivity contribution is 0.0950. The predicted octanol–water partition coefficient (Wildman–Crippen LogP) is 2.66. The maximum atomic E-state index is 14.2. The first-order valence-electron chi connectivity index (χ1n) is 6.37. The Hall–Kier alpha value is -1.13. The first kappa shape index (κ1) is 13.3. The second-order valence-corrected chi connectivity index (χ2v) is 4.58. The smallest absolute Gasteiger partial charge is 0.169 e. The van der Waals surface area contributed by atoms with Crippen molar-refractivity contribution in [3.05, 3.63) is 29.6 Å². The molecule has 2 unspecified atom stereocenters. The van der Waals surface area contributed by atoms with Crippen molar-refractivity contribution in [3.8, 4) is 5.75 Å². The molecule has 1 N–H and O–H groups in total. The van der Waals surface area contributed by atoms with Gasteiger partial charge in [-0.3, -0.25) is 0 Å². The van der Waals surface area contributed by atoms with Crippen molar-refractivity contribution < 1.29 is 13.9 Å². The van der Waals surface area contributed by atoms with Crippen LogP contribution < -0.4 is 10.1 Å². The van der Waals surface area contributed by atoms with E-state index in [1.165, 1.54) is 7.11 Å². The van der Waals surface area contributed by atoms with Gasteiger partial charge in [0.25, 0.3) is 0 Å². The zero-order valence-electron chi connectivity index (χ0n) is 10.9. The molecular formula is C14H20FNO2. The van der Waals surface area contributed by atoms with Crippen molar-refractivity contribution in [1.82, 2.24) is 5.32 Å². The van der Waals surface area contributed by atoms with Crippen LogP contribution in [0.3, 0.4) is 0 Å². The maximum absolute atomic E-state index is 14.2. The van der Waals surface area contributed by atoms with Crippen molar-refractivity contribution in [1.29, 1.82) is 0 Å². The van der Waals surface area contributed by atoms with Gasteiger partial charge < -0.3 is 14.8 Å². The maximum Gasteiger partial charge on any atom is 0.169 e. The van der Waals surface area contributed by atoms with Gasteiger partial charge in [0, 0.05) is 18.2 Å². The van der Waals surface area contributed by atoms with Crippen molar-refractivity contribution in [2.75, 3.05) is 20.8 Å². The normalized spacial score (nSPS) is 20.9. The molecule has 0 amide bonds. The molecule has 0 saturated carbocycles. The van der Waals surface area contributed by atoms with Gasteiger partial charge in [-0.2, -0.15) is 0 Å². The summed E-state index contributed by atoms with van der Waals surface area (Å²) < 4.78 is 24.8. The third-order valence-corrected chi connectivity index (χ3v) is 3.46. The summed E-state index contributed by atoms with van der Waals surface area (Å²) in [5.74, 6) is 0.0115. The fourth-order valence-electron chi connectivity index (χ4n) is 2.45. The highest BCUT2D eigenvalue weighted by Gasteiger charge is 2.23. The van der Waals surface area contributed by atoms with Gasteiger partial charge in [-0.15, -0.1) is 0 Å². The molecule has 2 rings (SSSR count). The average molecular weight is 253 g/mol. The number of hydrogen-bond donors (Lipinski definition) is 1. The summed E-state index contributed by atoms with van der Waals surface area (Å²) >= 11 is 0. The molecule has 18 heavy (non-hydrogen) atoms. The lowest BCUT2D eigenvalue weighted by Gasteiger charge is -2.21. The van der Waals surface area contributed by atoms with E-state index in [1.807, 2.05) is 13.1 Å². The van der Waals surface area contributed by atoms with Gasteiger partial charge in [0.05, 0.1) is 13.2 Å². The third kappa shape index (κ3) is 2.82. The Balaban J connectivity index is 2.15. The monoisotopic (exact) mass is 253 g/mol. The number of hydrogen-bond acceptors (Lipinski definition) is 3. The number of rotatable bonds is 5. The van der Waals surface area contributed by atoms with Crippen LogP contribution in [0, 0.1) is 5.82 Å². The molecule has 1 aromatic carbocycles. The van der Waals surface area contributed by atoms with E-state index in [1.54, 1.807) is 12.1 Å². The predicted molar refractivity (Wildman–Crippen MR) is 68.3 cm³/mol. The van der Waals surface area contributed by atoms with Gasteiger partial charge in [-0.25, -0.2) is 4.39 Å². The molecule has 0 bridgehead atoms. The van der Waals surface area contributed by atoms with E-state index in [2.05, 4.69) is 5.32 Å². The van der Waals surface area contributed by atoms with Crippen LogP contribution in [0.1, 0.15) is 30.9 Å². The van der Waals surface area contributed by atoms with Crippen molar-refractivity contribution >= 4 is 0 Å². The van der Waals surface area contributed by atoms with Crippen molar-refractivity contribution in [3.63, 3.8) is 0 Å². The van der Waals surface area contributed by atoms with Crippen LogP contribution in [-0.2, 0) is 4.74 Å². The number of benzene rings is 1. The minimum Gasteiger partial charge on any atom is -0.494 e. The summed E-state index contributed by atoms with van der Waals surface area (Å²) in [5, 5.41) is 3.16. The molecule has 1 fully saturated rings. The molecule has 100 valence electrons. The molecule has 1 aliphatic rings. The summed E-state index contributed by atoms with van der Waals surface area (Å²) in [5.41, 5.74) is 0.646. The zero-order valence-corrected chi connectivity index (χ0v) is 10.9. The van der Waals surface area contributed by atoms with Crippen LogP contribution in [-0.4, -0.2) is 26.9 Å². The number of ether oxygens (including phenoxy) is 2. The summed E-state index contributed by atoms with van der Waals surface area (Å²) in [4.78, 5) is 0. The topological polar surface area (TPSA) is 30.5 Å². The van der Waals surface area contributed by atoms with Crippen molar-refractivity contribution in [2.45, 2.75) is 31.4 Å². The van der Waals surface area contributed by atoms with Crippen LogP contribution in [0.4, 0.5) is 4.39 Å². The second kappa shape index (κ2) is 6.16. The van der Waals surface area contributed by atoms with Gasteiger partial charge in [0.15, 0.2) is 11.6 Å². The zero-order chi connectivity index (χ0) is 13.0. The Labute approximate surface area is 107 Å². The van der Waals surface area contributed by atoms with E-state index >= 15 is 0 Å². The van der Waals surface area contributed by atoms with E-state index in [4.69, 9.17) is 9.47 Å². The van der Waals surface area contributed by atoms with E-state index in [-0.39, 0.29) is 18.0 Å². The fourth-order valence-corrected chi connectivity index (χ4v) is 2.45. The first-order valence-corrected chi connectivity index (χ1v) is 6.37. The van der Waals surface area contributed by atoms with Gasteiger partial charge in [-0.05, 0) is 32.4 Å². The summed E-state index contributed by atoms with van der Waals surface area (Å²) in [6.45, 7) is 0.821. The fraction of sp³-hybridized carbons (Fsp3) is 0.571. The van der Waals surface area contributed by atoms with E-state index in [0.29, 0.717) is 11.3 Å². The molecule has 0 radical (unpaired) electrons. The third-order valence-electron chi connectivity index (χ3n) is 3.46. The van der Waals surface area contributed by atoms with Crippen LogP contribution in [0.2, 0.25) is 0 Å². The summed E-state index contributed by atoms with van der Waals surface area (Å²) in [6.07, 6.45) is 3.18. The van der Waals surface area contributed by atoms with Crippen LogP contribution in [0.15, 0.2) is 18.2 Å². The van der Waals surface area contributed by atoms with Crippen molar-refractivity contribution in [2.24, 2.45) is 0 Å². The Kier molecular flexibility index (Phi) is 4.55. The first-order chi connectivity index (χ1) is 8.76. The molecule has 4 heteroatoms. The van der Waals surface area contributed by atoms with Gasteiger partial charge in [-0.1, -0.05) is 12.1 Å². The summed E-state index contributed by atoms with van der Waals surface area (Å²) in [6, 6.07) is 5.21. The number of halogens is 1. The average Bonchev–Trinajstić information content (AvgIpc) is 2.89. The molecule has 1 saturated heterocycles. The molecule has 2 atom stereocenters. The minimum atomic E-state index is -0.280. The molecule has 0 aliphatic carbocycles. The highest BCUT2D eigenvalue weighted by molar-refractivity contribution is 5.33. The minimum absolute atomic E-state index is 0.0387. The molecule has 3 nitrogen and oxygen atoms in total. The Morgan fingerprint density at radius 2 is 2.39 bits per heavy atom. The van der Waals surface area contributed by atoms with E-state index in [9.17, 15) is 4.39 Å². The lowest BCUT2D eigenvalue weighted by atomic mass is 9.98. The van der Waals surface area contributed by atoms with Crippen LogP contribution in [0.5, 0.6) is 5.75 Å². The van der Waals surface area contributed by atoms with Crippen LogP contribution >= 0.6 is 0 Å². The molecule has 0 aromatic heterocycles. The lowest BCUT2D eigenvalue weighted by Crippen LogP contribution is -2.23. The molecular weight excluding hydrogens is 233 g/mol. The molecule has 1 aliphatic heterocycles. The van der Waals surface area contributed by atoms with E-state index in [0.717, 1.165) is 25.9 Å². The molecule has 1 aromatic rings. The highest BCUT2D eigenvalue weighted by atomic mass is 19.1. The SMILES string of the molecule is CNC(CC1CCCO1)c1cccc(OC)c1F. The largest absolute Gasteiger partial charge is 0.494 e. The molecule has 0 spiro atoms.